The number of benzene rings is 1. The number of aryl methyl sites for hydroxylation is 1. The van der Waals surface area contributed by atoms with Crippen molar-refractivity contribution in [3.63, 3.8) is 0 Å². The van der Waals surface area contributed by atoms with Gasteiger partial charge in [0.2, 0.25) is 5.13 Å². The highest BCUT2D eigenvalue weighted by Crippen LogP contribution is 2.16. The second-order valence-electron chi connectivity index (χ2n) is 4.05. The Kier molecular flexibility index (Phi) is 3.57. The summed E-state index contributed by atoms with van der Waals surface area (Å²) >= 11 is 1.18. The number of hydrogen-bond donors (Lipinski definition) is 1. The van der Waals surface area contributed by atoms with Gasteiger partial charge < -0.3 is 4.90 Å². The zero-order valence-electron chi connectivity index (χ0n) is 10.5. The van der Waals surface area contributed by atoms with Crippen LogP contribution in [0.1, 0.15) is 16.2 Å². The first-order valence-corrected chi connectivity index (χ1v) is 6.22. The fourth-order valence-corrected chi connectivity index (χ4v) is 2.01. The van der Waals surface area contributed by atoms with E-state index in [1.807, 2.05) is 37.2 Å². The molecule has 0 saturated heterocycles. The molecule has 5 nitrogen and oxygen atoms in total. The Balaban J connectivity index is 2.16. The van der Waals surface area contributed by atoms with Crippen molar-refractivity contribution in [2.45, 2.75) is 6.92 Å². The van der Waals surface area contributed by atoms with Crippen LogP contribution in [0.5, 0.6) is 0 Å². The molecule has 2 aromatic rings. The molecule has 0 atom stereocenters. The van der Waals surface area contributed by atoms with E-state index >= 15 is 0 Å². The summed E-state index contributed by atoms with van der Waals surface area (Å²) in [7, 11) is 3.87. The Morgan fingerprint density at radius 1 is 1.39 bits per heavy atom. The van der Waals surface area contributed by atoms with Gasteiger partial charge >= 0.3 is 0 Å². The second-order valence-corrected chi connectivity index (χ2v) is 4.80. The lowest BCUT2D eigenvalue weighted by molar-refractivity contribution is 0.102. The van der Waals surface area contributed by atoms with Crippen LogP contribution in [0.2, 0.25) is 0 Å². The van der Waals surface area contributed by atoms with Gasteiger partial charge in [0, 0.05) is 36.9 Å². The third kappa shape index (κ3) is 2.84. The van der Waals surface area contributed by atoms with Gasteiger partial charge in [-0.05, 0) is 25.1 Å². The summed E-state index contributed by atoms with van der Waals surface area (Å²) in [6.45, 7) is 1.79. The van der Waals surface area contributed by atoms with Crippen molar-refractivity contribution in [2.75, 3.05) is 24.3 Å². The van der Waals surface area contributed by atoms with Gasteiger partial charge in [0.15, 0.2) is 0 Å². The third-order valence-corrected chi connectivity index (χ3v) is 3.09. The van der Waals surface area contributed by atoms with Gasteiger partial charge in [-0.3, -0.25) is 10.1 Å². The fraction of sp³-hybridized carbons (Fsp3) is 0.250. The molecule has 18 heavy (non-hydrogen) atoms. The normalized spacial score (nSPS) is 10.2. The van der Waals surface area contributed by atoms with Crippen LogP contribution in [-0.4, -0.2) is 29.4 Å². The summed E-state index contributed by atoms with van der Waals surface area (Å²) in [4.78, 5) is 18.1. The number of nitrogens with zero attached hydrogens (tertiary/aromatic N) is 3. The Hall–Kier alpha value is -1.95. The van der Waals surface area contributed by atoms with E-state index in [0.717, 1.165) is 5.69 Å². The van der Waals surface area contributed by atoms with Crippen molar-refractivity contribution in [2.24, 2.45) is 0 Å². The van der Waals surface area contributed by atoms with E-state index in [1.165, 1.54) is 11.5 Å². The van der Waals surface area contributed by atoms with E-state index in [4.69, 9.17) is 0 Å². The van der Waals surface area contributed by atoms with Crippen LogP contribution in [0.4, 0.5) is 10.8 Å². The maximum atomic E-state index is 12.0. The van der Waals surface area contributed by atoms with Gasteiger partial charge in [-0.15, -0.1) is 0 Å². The molecule has 0 radical (unpaired) electrons. The molecule has 0 spiro atoms. The predicted octanol–water partition coefficient (Wildman–Crippen LogP) is 2.16. The minimum atomic E-state index is -0.171. The summed E-state index contributed by atoms with van der Waals surface area (Å²) in [5.41, 5.74) is 1.59. The molecule has 1 heterocycles. The molecule has 1 N–H and O–H groups in total. The number of nitrogens with one attached hydrogen (secondary N) is 1. The standard InChI is InChI=1S/C12H14N4OS/c1-8-13-12(18-15-8)14-11(17)9-5-4-6-10(7-9)16(2)3/h4-7H,1-3H3,(H,13,14,15,17). The maximum Gasteiger partial charge on any atom is 0.257 e. The van der Waals surface area contributed by atoms with Gasteiger partial charge in [-0.2, -0.15) is 4.37 Å². The first-order chi connectivity index (χ1) is 8.56. The number of anilines is 2. The highest BCUT2D eigenvalue weighted by molar-refractivity contribution is 7.09. The molecule has 94 valence electrons. The summed E-state index contributed by atoms with van der Waals surface area (Å²) in [5.74, 6) is 0.493. The first-order valence-electron chi connectivity index (χ1n) is 5.45. The van der Waals surface area contributed by atoms with Crippen LogP contribution in [-0.2, 0) is 0 Å². The third-order valence-electron chi connectivity index (χ3n) is 2.37. The zero-order chi connectivity index (χ0) is 13.1. The lowest BCUT2D eigenvalue weighted by atomic mass is 10.2. The van der Waals surface area contributed by atoms with Gasteiger partial charge in [-0.25, -0.2) is 4.98 Å². The average Bonchev–Trinajstić information content (AvgIpc) is 2.75. The molecule has 1 aromatic carbocycles. The molecule has 0 fully saturated rings. The van der Waals surface area contributed by atoms with E-state index in [1.54, 1.807) is 13.0 Å². The van der Waals surface area contributed by atoms with Crippen LogP contribution >= 0.6 is 11.5 Å². The lowest BCUT2D eigenvalue weighted by Crippen LogP contribution is -2.14. The molecular weight excluding hydrogens is 248 g/mol. The number of hydrogen-bond acceptors (Lipinski definition) is 5. The number of carbonyl (C=O) groups excluding carboxylic acids is 1. The van der Waals surface area contributed by atoms with Crippen molar-refractivity contribution >= 4 is 28.3 Å². The highest BCUT2D eigenvalue weighted by atomic mass is 32.1. The predicted molar refractivity (Wildman–Crippen MR) is 73.4 cm³/mol. The van der Waals surface area contributed by atoms with E-state index in [-0.39, 0.29) is 5.91 Å². The van der Waals surface area contributed by atoms with E-state index in [2.05, 4.69) is 14.7 Å². The summed E-state index contributed by atoms with van der Waals surface area (Å²) in [6.07, 6.45) is 0. The fourth-order valence-electron chi connectivity index (χ4n) is 1.44. The van der Waals surface area contributed by atoms with E-state index in [9.17, 15) is 4.79 Å². The SMILES string of the molecule is Cc1nsc(NC(=O)c2cccc(N(C)C)c2)n1. The van der Waals surface area contributed by atoms with Crippen molar-refractivity contribution in [1.82, 2.24) is 9.36 Å². The average molecular weight is 262 g/mol. The van der Waals surface area contributed by atoms with Crippen molar-refractivity contribution < 1.29 is 4.79 Å². The maximum absolute atomic E-state index is 12.0. The minimum Gasteiger partial charge on any atom is -0.378 e. The van der Waals surface area contributed by atoms with Crippen LogP contribution in [0.15, 0.2) is 24.3 Å². The Morgan fingerprint density at radius 2 is 2.17 bits per heavy atom. The minimum absolute atomic E-state index is 0.171. The lowest BCUT2D eigenvalue weighted by Gasteiger charge is -2.13. The Bertz CT molecular complexity index is 565. The summed E-state index contributed by atoms with van der Waals surface area (Å²) in [6, 6.07) is 7.42. The van der Waals surface area contributed by atoms with Crippen LogP contribution < -0.4 is 10.2 Å². The molecule has 6 heteroatoms. The van der Waals surface area contributed by atoms with Crippen molar-refractivity contribution in [3.8, 4) is 0 Å². The molecule has 1 amide bonds. The molecule has 0 saturated carbocycles. The van der Waals surface area contributed by atoms with Gasteiger partial charge in [-0.1, -0.05) is 6.07 Å². The molecule has 0 bridgehead atoms. The monoisotopic (exact) mass is 262 g/mol. The van der Waals surface area contributed by atoms with Gasteiger partial charge in [0.05, 0.1) is 0 Å². The topological polar surface area (TPSA) is 58.1 Å². The number of carbonyl (C=O) groups is 1. The number of aromatic nitrogens is 2. The smallest absolute Gasteiger partial charge is 0.257 e. The van der Waals surface area contributed by atoms with Crippen LogP contribution in [0, 0.1) is 6.92 Å². The molecule has 0 aliphatic rings. The molecule has 2 rings (SSSR count). The summed E-state index contributed by atoms with van der Waals surface area (Å²) in [5, 5.41) is 3.25. The first kappa shape index (κ1) is 12.5. The quantitative estimate of drug-likeness (QED) is 0.921. The van der Waals surface area contributed by atoms with E-state index in [0.29, 0.717) is 16.5 Å². The van der Waals surface area contributed by atoms with Crippen molar-refractivity contribution in [1.29, 1.82) is 0 Å². The van der Waals surface area contributed by atoms with Crippen LogP contribution in [0.25, 0.3) is 0 Å². The highest BCUT2D eigenvalue weighted by Gasteiger charge is 2.09. The molecule has 0 aliphatic carbocycles. The zero-order valence-corrected chi connectivity index (χ0v) is 11.3. The largest absolute Gasteiger partial charge is 0.378 e. The number of amides is 1. The van der Waals surface area contributed by atoms with Gasteiger partial charge in [0.25, 0.3) is 5.91 Å². The Morgan fingerprint density at radius 3 is 2.78 bits per heavy atom. The molecule has 0 unspecified atom stereocenters. The van der Waals surface area contributed by atoms with E-state index < -0.39 is 0 Å². The molecule has 1 aromatic heterocycles. The molecule has 0 aliphatic heterocycles. The van der Waals surface area contributed by atoms with Crippen molar-refractivity contribution in [3.05, 3.63) is 35.7 Å². The summed E-state index contributed by atoms with van der Waals surface area (Å²) < 4.78 is 4.02. The Labute approximate surface area is 110 Å². The van der Waals surface area contributed by atoms with Gasteiger partial charge in [0.1, 0.15) is 5.82 Å². The van der Waals surface area contributed by atoms with Crippen LogP contribution in [0.3, 0.4) is 0 Å². The molecular formula is C12H14N4OS. The second kappa shape index (κ2) is 5.14. The number of rotatable bonds is 3.